The van der Waals surface area contributed by atoms with Gasteiger partial charge in [0, 0.05) is 12.4 Å². The fourth-order valence-electron chi connectivity index (χ4n) is 2.18. The lowest BCUT2D eigenvalue weighted by molar-refractivity contribution is 0.0705. The minimum absolute atomic E-state index is 0.0610. The van der Waals surface area contributed by atoms with Gasteiger partial charge in [-0.05, 0) is 25.1 Å². The molecule has 0 spiro atoms. The van der Waals surface area contributed by atoms with Gasteiger partial charge in [-0.2, -0.15) is 0 Å². The summed E-state index contributed by atoms with van der Waals surface area (Å²) in [4.78, 5) is 23.8. The zero-order valence-corrected chi connectivity index (χ0v) is 11.6. The Hall–Kier alpha value is -2.87. The van der Waals surface area contributed by atoms with Crippen LogP contribution in [0.25, 0.3) is 11.2 Å². The van der Waals surface area contributed by atoms with E-state index in [1.807, 2.05) is 6.07 Å². The van der Waals surface area contributed by atoms with Crippen LogP contribution in [0.3, 0.4) is 0 Å². The summed E-state index contributed by atoms with van der Waals surface area (Å²) in [6.07, 6.45) is 2.84. The van der Waals surface area contributed by atoms with Gasteiger partial charge in [0.25, 0.3) is 5.91 Å². The second kappa shape index (κ2) is 5.49. The molecule has 22 heavy (non-hydrogen) atoms. The van der Waals surface area contributed by atoms with E-state index in [2.05, 4.69) is 15.0 Å². The molecule has 0 aliphatic heterocycles. The second-order valence-corrected chi connectivity index (χ2v) is 4.68. The Morgan fingerprint density at radius 1 is 1.45 bits per heavy atom. The van der Waals surface area contributed by atoms with Crippen LogP contribution in [0.5, 0.6) is 0 Å². The molecule has 1 amide bonds. The Labute approximate surface area is 124 Å². The van der Waals surface area contributed by atoms with Crippen molar-refractivity contribution in [2.45, 2.75) is 13.5 Å². The summed E-state index contributed by atoms with van der Waals surface area (Å²) in [6, 6.07) is 4.63. The molecule has 0 unspecified atom stereocenters. The van der Waals surface area contributed by atoms with E-state index in [1.165, 1.54) is 11.7 Å². The van der Waals surface area contributed by atoms with Crippen molar-refractivity contribution in [2.75, 3.05) is 0 Å². The van der Waals surface area contributed by atoms with E-state index in [1.54, 1.807) is 23.8 Å². The van der Waals surface area contributed by atoms with Crippen LogP contribution >= 0.6 is 0 Å². The van der Waals surface area contributed by atoms with E-state index in [0.29, 0.717) is 11.5 Å². The van der Waals surface area contributed by atoms with Crippen LogP contribution in [0, 0.1) is 12.7 Å². The van der Waals surface area contributed by atoms with Gasteiger partial charge in [-0.25, -0.2) is 19.8 Å². The number of hydroxylamine groups is 1. The first kappa shape index (κ1) is 14.1. The molecule has 0 bridgehead atoms. The summed E-state index contributed by atoms with van der Waals surface area (Å²) >= 11 is 0. The summed E-state index contributed by atoms with van der Waals surface area (Å²) in [6.45, 7) is 1.94. The fourth-order valence-corrected chi connectivity index (χ4v) is 2.18. The topological polar surface area (TPSA) is 92.9 Å². The SMILES string of the molecule is Cc1nc2cccnc2n1Cc1ncc(C(=O)NO)cc1F. The minimum atomic E-state index is -0.816. The molecule has 0 fully saturated rings. The van der Waals surface area contributed by atoms with Crippen molar-refractivity contribution in [3.63, 3.8) is 0 Å². The van der Waals surface area contributed by atoms with E-state index in [9.17, 15) is 9.18 Å². The zero-order chi connectivity index (χ0) is 15.7. The number of carbonyl (C=O) groups excluding carboxylic acids is 1. The van der Waals surface area contributed by atoms with E-state index in [-0.39, 0.29) is 17.8 Å². The number of aromatic nitrogens is 4. The number of fused-ring (bicyclic) bond motifs is 1. The molecule has 3 aromatic rings. The Kier molecular flexibility index (Phi) is 3.51. The van der Waals surface area contributed by atoms with Crippen LogP contribution in [-0.4, -0.2) is 30.6 Å². The van der Waals surface area contributed by atoms with Crippen LogP contribution < -0.4 is 5.48 Å². The first-order chi connectivity index (χ1) is 10.6. The lowest BCUT2D eigenvalue weighted by Gasteiger charge is -2.07. The molecule has 3 aromatic heterocycles. The third-order valence-corrected chi connectivity index (χ3v) is 3.28. The van der Waals surface area contributed by atoms with E-state index in [0.717, 1.165) is 11.6 Å². The van der Waals surface area contributed by atoms with E-state index >= 15 is 0 Å². The Morgan fingerprint density at radius 2 is 2.27 bits per heavy atom. The molecule has 3 rings (SSSR count). The van der Waals surface area contributed by atoms with Gasteiger partial charge in [-0.15, -0.1) is 0 Å². The van der Waals surface area contributed by atoms with Gasteiger partial charge in [0.1, 0.15) is 17.2 Å². The van der Waals surface area contributed by atoms with Crippen molar-refractivity contribution < 1.29 is 14.4 Å². The smallest absolute Gasteiger partial charge is 0.276 e. The van der Waals surface area contributed by atoms with Crippen molar-refractivity contribution >= 4 is 17.1 Å². The highest BCUT2D eigenvalue weighted by Gasteiger charge is 2.14. The molecular formula is C14H12FN5O2. The summed E-state index contributed by atoms with van der Waals surface area (Å²) in [7, 11) is 0. The van der Waals surface area contributed by atoms with Gasteiger partial charge in [0.05, 0.1) is 17.8 Å². The van der Waals surface area contributed by atoms with Gasteiger partial charge < -0.3 is 4.57 Å². The van der Waals surface area contributed by atoms with Crippen molar-refractivity contribution in [3.8, 4) is 0 Å². The van der Waals surface area contributed by atoms with Crippen LogP contribution in [0.4, 0.5) is 4.39 Å². The summed E-state index contributed by atoms with van der Waals surface area (Å²) in [5, 5.41) is 8.54. The number of amides is 1. The molecule has 2 N–H and O–H groups in total. The predicted octanol–water partition coefficient (Wildman–Crippen LogP) is 1.44. The van der Waals surface area contributed by atoms with Crippen LogP contribution in [0.2, 0.25) is 0 Å². The largest absolute Gasteiger partial charge is 0.307 e. The summed E-state index contributed by atoms with van der Waals surface area (Å²) in [5.74, 6) is -0.769. The highest BCUT2D eigenvalue weighted by molar-refractivity contribution is 5.92. The molecule has 3 heterocycles. The number of nitrogens with one attached hydrogen (secondary N) is 1. The van der Waals surface area contributed by atoms with E-state index < -0.39 is 11.7 Å². The molecule has 0 saturated carbocycles. The van der Waals surface area contributed by atoms with Gasteiger partial charge in [-0.3, -0.25) is 15.0 Å². The van der Waals surface area contributed by atoms with Crippen molar-refractivity contribution in [2.24, 2.45) is 0 Å². The van der Waals surface area contributed by atoms with Crippen LogP contribution in [0.15, 0.2) is 30.6 Å². The van der Waals surface area contributed by atoms with Crippen molar-refractivity contribution in [3.05, 3.63) is 53.5 Å². The van der Waals surface area contributed by atoms with Crippen molar-refractivity contribution in [1.82, 2.24) is 25.0 Å². The monoisotopic (exact) mass is 301 g/mol. The number of rotatable bonds is 3. The van der Waals surface area contributed by atoms with Crippen LogP contribution in [-0.2, 0) is 6.54 Å². The third-order valence-electron chi connectivity index (χ3n) is 3.28. The maximum absolute atomic E-state index is 14.1. The Morgan fingerprint density at radius 3 is 3.00 bits per heavy atom. The number of nitrogens with zero attached hydrogens (tertiary/aromatic N) is 4. The lowest BCUT2D eigenvalue weighted by atomic mass is 10.2. The number of halogens is 1. The van der Waals surface area contributed by atoms with E-state index in [4.69, 9.17) is 5.21 Å². The standard InChI is InChI=1S/C14H12FN5O2/c1-8-18-11-3-2-4-16-13(11)20(8)7-12-10(15)5-9(6-17-12)14(21)19-22/h2-6,22H,7H2,1H3,(H,19,21). The van der Waals surface area contributed by atoms with Crippen LogP contribution in [0.1, 0.15) is 21.9 Å². The molecule has 0 aliphatic carbocycles. The molecule has 0 radical (unpaired) electrons. The molecule has 0 aromatic carbocycles. The molecule has 0 atom stereocenters. The predicted molar refractivity (Wildman–Crippen MR) is 74.8 cm³/mol. The quantitative estimate of drug-likeness (QED) is 0.564. The maximum atomic E-state index is 14.1. The number of carbonyl (C=O) groups is 1. The number of hydrogen-bond acceptors (Lipinski definition) is 5. The number of aryl methyl sites for hydroxylation is 1. The molecule has 7 nitrogen and oxygen atoms in total. The van der Waals surface area contributed by atoms with Crippen molar-refractivity contribution in [1.29, 1.82) is 0 Å². The van der Waals surface area contributed by atoms with Gasteiger partial charge in [0.15, 0.2) is 5.65 Å². The lowest BCUT2D eigenvalue weighted by Crippen LogP contribution is -2.19. The first-order valence-corrected chi connectivity index (χ1v) is 6.47. The molecule has 0 aliphatic rings. The normalized spacial score (nSPS) is 10.9. The molecule has 0 saturated heterocycles. The first-order valence-electron chi connectivity index (χ1n) is 6.47. The number of pyridine rings is 2. The second-order valence-electron chi connectivity index (χ2n) is 4.68. The van der Waals surface area contributed by atoms with Gasteiger partial charge in [-0.1, -0.05) is 0 Å². The third kappa shape index (κ3) is 2.40. The number of imidazole rings is 1. The Bertz CT molecular complexity index is 862. The maximum Gasteiger partial charge on any atom is 0.276 e. The summed E-state index contributed by atoms with van der Waals surface area (Å²) in [5.41, 5.74) is 2.89. The molecule has 8 heteroatoms. The zero-order valence-electron chi connectivity index (χ0n) is 11.6. The summed E-state index contributed by atoms with van der Waals surface area (Å²) < 4.78 is 15.8. The average Bonchev–Trinajstić information content (AvgIpc) is 2.84. The van der Waals surface area contributed by atoms with Gasteiger partial charge in [0.2, 0.25) is 0 Å². The highest BCUT2D eigenvalue weighted by Crippen LogP contribution is 2.16. The molecular weight excluding hydrogens is 289 g/mol. The number of hydrogen-bond donors (Lipinski definition) is 2. The Balaban J connectivity index is 1.98. The van der Waals surface area contributed by atoms with Gasteiger partial charge >= 0.3 is 0 Å². The minimum Gasteiger partial charge on any atom is -0.307 e. The molecule has 112 valence electrons. The fraction of sp³-hybridized carbons (Fsp3) is 0.143. The highest BCUT2D eigenvalue weighted by atomic mass is 19.1. The average molecular weight is 301 g/mol.